The number of hydrogen-bond acceptors (Lipinski definition) is 4. The molecule has 0 saturated carbocycles. The molecule has 0 bridgehead atoms. The smallest absolute Gasteiger partial charge is 0.262 e. The summed E-state index contributed by atoms with van der Waals surface area (Å²) in [6.45, 7) is 0. The van der Waals surface area contributed by atoms with Crippen molar-refractivity contribution in [3.05, 3.63) is 29.6 Å². The molecule has 0 aromatic carbocycles. The number of thioether (sulfide) groups is 1. The second-order valence-corrected chi connectivity index (χ2v) is 4.50. The fourth-order valence-corrected chi connectivity index (χ4v) is 2.86. The zero-order chi connectivity index (χ0) is 11.1. The van der Waals surface area contributed by atoms with Crippen molar-refractivity contribution in [3.8, 4) is 0 Å². The molecule has 0 spiro atoms. The molecular formula is C10H5ClN2O2S. The van der Waals surface area contributed by atoms with Crippen LogP contribution in [-0.2, 0) is 4.79 Å². The summed E-state index contributed by atoms with van der Waals surface area (Å²) in [5, 5.41) is 2.51. The number of furan rings is 1. The minimum Gasteiger partial charge on any atom is -0.465 e. The van der Waals surface area contributed by atoms with Crippen LogP contribution in [0.5, 0.6) is 0 Å². The van der Waals surface area contributed by atoms with Crippen LogP contribution >= 0.6 is 23.4 Å². The molecule has 1 aromatic heterocycles. The van der Waals surface area contributed by atoms with Gasteiger partial charge in [0.05, 0.1) is 11.3 Å². The number of nitrogens with zero attached hydrogens (tertiary/aromatic N) is 2. The fourth-order valence-electron chi connectivity index (χ4n) is 1.64. The van der Waals surface area contributed by atoms with Gasteiger partial charge in [-0.15, -0.1) is 0 Å². The summed E-state index contributed by atoms with van der Waals surface area (Å²) >= 11 is 7.01. The van der Waals surface area contributed by atoms with E-state index in [4.69, 9.17) is 16.0 Å². The number of rotatable bonds is 1. The Morgan fingerprint density at radius 2 is 2.31 bits per heavy atom. The van der Waals surface area contributed by atoms with E-state index in [1.165, 1.54) is 11.8 Å². The second-order valence-electron chi connectivity index (χ2n) is 3.27. The Bertz CT molecular complexity index is 545. The van der Waals surface area contributed by atoms with Gasteiger partial charge in [-0.2, -0.15) is 4.99 Å². The molecule has 3 rings (SSSR count). The molecule has 3 heterocycles. The molecule has 0 saturated heterocycles. The lowest BCUT2D eigenvalue weighted by molar-refractivity contribution is -0.118. The third-order valence-corrected chi connectivity index (χ3v) is 3.43. The molecule has 0 radical (unpaired) electrons. The summed E-state index contributed by atoms with van der Waals surface area (Å²) in [6, 6.07) is 3.59. The molecule has 16 heavy (non-hydrogen) atoms. The van der Waals surface area contributed by atoms with Crippen molar-refractivity contribution >= 4 is 45.2 Å². The highest BCUT2D eigenvalue weighted by molar-refractivity contribution is 8.17. The lowest BCUT2D eigenvalue weighted by atomic mass is 9.98. The summed E-state index contributed by atoms with van der Waals surface area (Å²) in [6.07, 6.45) is 1.57. The van der Waals surface area contributed by atoms with E-state index >= 15 is 0 Å². The Kier molecular flexibility index (Phi) is 2.22. The molecular weight excluding hydrogens is 248 g/mol. The second kappa shape index (κ2) is 3.61. The first-order valence-corrected chi connectivity index (χ1v) is 5.78. The third-order valence-electron chi connectivity index (χ3n) is 2.32. The van der Waals surface area contributed by atoms with Gasteiger partial charge in [0, 0.05) is 5.57 Å². The van der Waals surface area contributed by atoms with E-state index in [9.17, 15) is 4.79 Å². The van der Waals surface area contributed by atoms with Crippen molar-refractivity contribution < 1.29 is 9.21 Å². The molecule has 6 heteroatoms. The molecule has 4 nitrogen and oxygen atoms in total. The van der Waals surface area contributed by atoms with Crippen molar-refractivity contribution in [2.75, 3.05) is 0 Å². The number of carbonyl (C=O) groups is 1. The third kappa shape index (κ3) is 1.44. The maximum Gasteiger partial charge on any atom is 0.262 e. The number of halogens is 1. The van der Waals surface area contributed by atoms with E-state index in [0.29, 0.717) is 10.8 Å². The number of hydrogen-bond donors (Lipinski definition) is 0. The van der Waals surface area contributed by atoms with E-state index in [1.54, 1.807) is 12.3 Å². The van der Waals surface area contributed by atoms with E-state index in [0.717, 1.165) is 5.57 Å². The van der Waals surface area contributed by atoms with Crippen LogP contribution in [0.1, 0.15) is 5.76 Å². The van der Waals surface area contributed by atoms with E-state index < -0.39 is 5.92 Å². The topological polar surface area (TPSA) is 54.9 Å². The average molecular weight is 253 g/mol. The maximum absolute atomic E-state index is 11.7. The van der Waals surface area contributed by atoms with Crippen LogP contribution in [0.25, 0.3) is 5.57 Å². The summed E-state index contributed by atoms with van der Waals surface area (Å²) in [5.74, 6) is -0.0643. The predicted molar refractivity (Wildman–Crippen MR) is 63.5 cm³/mol. The summed E-state index contributed by atoms with van der Waals surface area (Å²) in [4.78, 5) is 19.4. The maximum atomic E-state index is 11.7. The summed E-state index contributed by atoms with van der Waals surface area (Å²) in [7, 11) is 0. The molecule has 2 aliphatic heterocycles. The lowest BCUT2D eigenvalue weighted by Gasteiger charge is -2.13. The minimum atomic E-state index is -0.446. The van der Waals surface area contributed by atoms with Crippen molar-refractivity contribution in [3.63, 3.8) is 0 Å². The quantitative estimate of drug-likeness (QED) is 0.722. The number of amides is 1. The number of amidine groups is 1. The SMILES string of the molecule is O=C1N=C(Cl)N=C2SC=C(c3ccco3)C12. The monoisotopic (exact) mass is 252 g/mol. The van der Waals surface area contributed by atoms with Crippen LogP contribution < -0.4 is 0 Å². The van der Waals surface area contributed by atoms with E-state index in [2.05, 4.69) is 9.98 Å². The van der Waals surface area contributed by atoms with Crippen LogP contribution in [0.4, 0.5) is 0 Å². The molecule has 1 aromatic rings. The number of aliphatic imine (C=N–C) groups is 2. The first-order chi connectivity index (χ1) is 7.75. The first kappa shape index (κ1) is 9.86. The highest BCUT2D eigenvalue weighted by atomic mass is 35.5. The van der Waals surface area contributed by atoms with E-state index in [1.807, 2.05) is 11.5 Å². The number of carbonyl (C=O) groups excluding carboxylic acids is 1. The standard InChI is InChI=1S/C10H5ClN2O2S/c11-10-12-8(14)7-5(4-16-9(7)13-10)6-2-1-3-15-6/h1-4,7H. The van der Waals surface area contributed by atoms with Gasteiger partial charge < -0.3 is 4.42 Å². The summed E-state index contributed by atoms with van der Waals surface area (Å²) < 4.78 is 5.27. The van der Waals surface area contributed by atoms with Crippen LogP contribution in [-0.4, -0.2) is 16.2 Å². The Balaban J connectivity index is 2.03. The minimum absolute atomic E-state index is 0.00200. The molecule has 0 N–H and O–H groups in total. The Morgan fingerprint density at radius 3 is 3.06 bits per heavy atom. The molecule has 1 amide bonds. The van der Waals surface area contributed by atoms with E-state index in [-0.39, 0.29) is 11.2 Å². The Hall–Kier alpha value is -1.33. The Morgan fingerprint density at radius 1 is 1.44 bits per heavy atom. The molecule has 80 valence electrons. The normalized spacial score (nSPS) is 23.7. The van der Waals surface area contributed by atoms with Gasteiger partial charge in [0.15, 0.2) is 0 Å². The van der Waals surface area contributed by atoms with Gasteiger partial charge in [0.2, 0.25) is 5.29 Å². The van der Waals surface area contributed by atoms with Crippen molar-refractivity contribution in [1.82, 2.24) is 0 Å². The van der Waals surface area contributed by atoms with Crippen LogP contribution in [0.2, 0.25) is 0 Å². The van der Waals surface area contributed by atoms with Gasteiger partial charge >= 0.3 is 0 Å². The lowest BCUT2D eigenvalue weighted by Crippen LogP contribution is -2.23. The highest BCUT2D eigenvalue weighted by Gasteiger charge is 2.37. The Labute approximate surface area is 100 Å². The van der Waals surface area contributed by atoms with Crippen LogP contribution in [0, 0.1) is 5.92 Å². The van der Waals surface area contributed by atoms with Gasteiger partial charge in [0.25, 0.3) is 5.91 Å². The van der Waals surface area contributed by atoms with Gasteiger partial charge in [-0.3, -0.25) is 4.79 Å². The predicted octanol–water partition coefficient (Wildman–Crippen LogP) is 2.52. The fraction of sp³-hybridized carbons (Fsp3) is 0.100. The van der Waals surface area contributed by atoms with Crippen LogP contribution in [0.15, 0.2) is 38.2 Å². The first-order valence-electron chi connectivity index (χ1n) is 4.53. The molecule has 2 aliphatic rings. The largest absolute Gasteiger partial charge is 0.465 e. The van der Waals surface area contributed by atoms with Crippen molar-refractivity contribution in [2.24, 2.45) is 15.9 Å². The zero-order valence-electron chi connectivity index (χ0n) is 7.88. The molecule has 0 aliphatic carbocycles. The van der Waals surface area contributed by atoms with Crippen molar-refractivity contribution in [2.45, 2.75) is 0 Å². The average Bonchev–Trinajstić information content (AvgIpc) is 2.82. The van der Waals surface area contributed by atoms with Gasteiger partial charge in [-0.1, -0.05) is 11.8 Å². The number of fused-ring (bicyclic) bond motifs is 1. The molecule has 1 unspecified atom stereocenters. The van der Waals surface area contributed by atoms with Gasteiger partial charge in [0.1, 0.15) is 11.7 Å². The summed E-state index contributed by atoms with van der Waals surface area (Å²) in [5.41, 5.74) is 0.798. The highest BCUT2D eigenvalue weighted by Crippen LogP contribution is 2.40. The van der Waals surface area contributed by atoms with Crippen LogP contribution in [0.3, 0.4) is 0 Å². The molecule has 0 fully saturated rings. The van der Waals surface area contributed by atoms with Gasteiger partial charge in [-0.25, -0.2) is 4.99 Å². The van der Waals surface area contributed by atoms with Crippen molar-refractivity contribution in [1.29, 1.82) is 0 Å². The molecule has 1 atom stereocenters. The zero-order valence-corrected chi connectivity index (χ0v) is 9.46. The van der Waals surface area contributed by atoms with Gasteiger partial charge in [-0.05, 0) is 29.1 Å².